The summed E-state index contributed by atoms with van der Waals surface area (Å²) in [6, 6.07) is 25.3. The maximum absolute atomic E-state index is 12.5. The summed E-state index contributed by atoms with van der Waals surface area (Å²) < 4.78 is 0. The van der Waals surface area contributed by atoms with Crippen molar-refractivity contribution in [3.05, 3.63) is 106 Å². The minimum absolute atomic E-state index is 0.0691. The molecule has 0 aliphatic heterocycles. The van der Waals surface area contributed by atoms with E-state index < -0.39 is 11.8 Å². The molecular formula is C28H22N4O2. The van der Waals surface area contributed by atoms with E-state index in [9.17, 15) is 20.1 Å². The minimum Gasteiger partial charge on any atom is -0.321 e. The SMILES string of the molecule is Cc1cccc(NC(=O)/C(C#N)=C/c2cccc(/C=C(\C#N)C(=O)Nc3cccc(C)c3)c2)c1. The molecule has 0 saturated carbocycles. The first kappa shape index (κ1) is 23.7. The van der Waals surface area contributed by atoms with E-state index in [0.717, 1.165) is 11.1 Å². The van der Waals surface area contributed by atoms with Crippen molar-refractivity contribution >= 4 is 35.3 Å². The topological polar surface area (TPSA) is 106 Å². The van der Waals surface area contributed by atoms with E-state index in [-0.39, 0.29) is 11.1 Å². The lowest BCUT2D eigenvalue weighted by molar-refractivity contribution is -0.113. The van der Waals surface area contributed by atoms with Crippen LogP contribution < -0.4 is 10.6 Å². The molecule has 0 atom stereocenters. The van der Waals surface area contributed by atoms with Gasteiger partial charge in [0.05, 0.1) is 0 Å². The molecule has 0 heterocycles. The van der Waals surface area contributed by atoms with E-state index in [0.29, 0.717) is 22.5 Å². The van der Waals surface area contributed by atoms with E-state index in [1.54, 1.807) is 36.4 Å². The van der Waals surface area contributed by atoms with Gasteiger partial charge in [0.15, 0.2) is 0 Å². The highest BCUT2D eigenvalue weighted by atomic mass is 16.2. The van der Waals surface area contributed by atoms with Gasteiger partial charge in [-0.2, -0.15) is 10.5 Å². The highest BCUT2D eigenvalue weighted by Gasteiger charge is 2.11. The van der Waals surface area contributed by atoms with Crippen LogP contribution in [0, 0.1) is 36.5 Å². The van der Waals surface area contributed by atoms with Gasteiger partial charge in [0.25, 0.3) is 11.8 Å². The van der Waals surface area contributed by atoms with Crippen molar-refractivity contribution in [2.75, 3.05) is 10.6 Å². The Balaban J connectivity index is 1.80. The molecule has 0 aliphatic rings. The van der Waals surface area contributed by atoms with E-state index in [2.05, 4.69) is 10.6 Å². The van der Waals surface area contributed by atoms with Gasteiger partial charge in [0.1, 0.15) is 23.3 Å². The van der Waals surface area contributed by atoms with Crippen LogP contribution >= 0.6 is 0 Å². The van der Waals surface area contributed by atoms with Gasteiger partial charge in [-0.1, -0.05) is 42.5 Å². The molecule has 0 saturated heterocycles. The van der Waals surface area contributed by atoms with Gasteiger partial charge in [-0.3, -0.25) is 9.59 Å². The highest BCUT2D eigenvalue weighted by Crippen LogP contribution is 2.17. The van der Waals surface area contributed by atoms with Gasteiger partial charge in [-0.15, -0.1) is 0 Å². The van der Waals surface area contributed by atoms with E-state index in [1.807, 2.05) is 62.4 Å². The molecule has 0 bridgehead atoms. The predicted octanol–water partition coefficient (Wildman–Crippen LogP) is 5.39. The van der Waals surface area contributed by atoms with Crippen molar-refractivity contribution in [3.8, 4) is 12.1 Å². The summed E-state index contributed by atoms with van der Waals surface area (Å²) in [5.74, 6) is -1.05. The molecular weight excluding hydrogens is 424 g/mol. The maximum Gasteiger partial charge on any atom is 0.266 e. The molecule has 0 aromatic heterocycles. The largest absolute Gasteiger partial charge is 0.321 e. The lowest BCUT2D eigenvalue weighted by Crippen LogP contribution is -2.13. The molecule has 166 valence electrons. The van der Waals surface area contributed by atoms with Crippen molar-refractivity contribution in [2.45, 2.75) is 13.8 Å². The Labute approximate surface area is 198 Å². The fraction of sp³-hybridized carbons (Fsp3) is 0.0714. The van der Waals surface area contributed by atoms with Gasteiger partial charge < -0.3 is 10.6 Å². The zero-order valence-electron chi connectivity index (χ0n) is 18.8. The van der Waals surface area contributed by atoms with Crippen molar-refractivity contribution < 1.29 is 9.59 Å². The molecule has 3 rings (SSSR count). The Kier molecular flexibility index (Phi) is 7.73. The summed E-state index contributed by atoms with van der Waals surface area (Å²) in [5, 5.41) is 24.4. The molecule has 34 heavy (non-hydrogen) atoms. The highest BCUT2D eigenvalue weighted by molar-refractivity contribution is 6.10. The molecule has 0 spiro atoms. The number of rotatable bonds is 6. The number of aryl methyl sites for hydroxylation is 2. The number of anilines is 2. The van der Waals surface area contributed by atoms with Crippen LogP contribution in [0.5, 0.6) is 0 Å². The number of amides is 2. The second-order valence-electron chi connectivity index (χ2n) is 7.66. The van der Waals surface area contributed by atoms with Crippen LogP contribution in [0.2, 0.25) is 0 Å². The third kappa shape index (κ3) is 6.53. The average molecular weight is 447 g/mol. The lowest BCUT2D eigenvalue weighted by atomic mass is 10.1. The summed E-state index contributed by atoms with van der Waals surface area (Å²) in [4.78, 5) is 25.1. The van der Waals surface area contributed by atoms with Crippen molar-refractivity contribution in [1.82, 2.24) is 0 Å². The zero-order valence-corrected chi connectivity index (χ0v) is 18.8. The second-order valence-corrected chi connectivity index (χ2v) is 7.66. The second kappa shape index (κ2) is 11.1. The number of nitrogens with zero attached hydrogens (tertiary/aromatic N) is 2. The molecule has 0 radical (unpaired) electrons. The number of hydrogen-bond donors (Lipinski definition) is 2. The zero-order chi connectivity index (χ0) is 24.5. The maximum atomic E-state index is 12.5. The Bertz CT molecular complexity index is 1290. The van der Waals surface area contributed by atoms with E-state index in [1.165, 1.54) is 12.2 Å². The summed E-state index contributed by atoms with van der Waals surface area (Å²) in [7, 11) is 0. The predicted molar refractivity (Wildman–Crippen MR) is 133 cm³/mol. The lowest BCUT2D eigenvalue weighted by Gasteiger charge is -2.06. The molecule has 2 amide bonds. The van der Waals surface area contributed by atoms with Crippen LogP contribution in [0.4, 0.5) is 11.4 Å². The summed E-state index contributed by atoms with van der Waals surface area (Å²) in [6.45, 7) is 3.82. The van der Waals surface area contributed by atoms with Gasteiger partial charge in [-0.05, 0) is 78.6 Å². The summed E-state index contributed by atoms with van der Waals surface area (Å²) in [6.07, 6.45) is 2.92. The third-order valence-corrected chi connectivity index (χ3v) is 4.81. The molecule has 0 unspecified atom stereocenters. The first-order chi connectivity index (χ1) is 16.4. The monoisotopic (exact) mass is 446 g/mol. The normalized spacial score (nSPS) is 11.2. The van der Waals surface area contributed by atoms with Crippen LogP contribution in [0.25, 0.3) is 12.2 Å². The van der Waals surface area contributed by atoms with Crippen LogP contribution in [0.3, 0.4) is 0 Å². The van der Waals surface area contributed by atoms with E-state index in [4.69, 9.17) is 0 Å². The van der Waals surface area contributed by atoms with Gasteiger partial charge in [0, 0.05) is 11.4 Å². The standard InChI is InChI=1S/C28H22N4O2/c1-19-6-3-10-25(12-19)31-27(33)23(17-29)15-21-8-5-9-22(14-21)16-24(18-30)28(34)32-26-11-4-7-20(2)13-26/h3-16H,1-2H3,(H,31,33)(H,32,34)/b23-15+,24-16+. The first-order valence-electron chi connectivity index (χ1n) is 10.5. The Morgan fingerprint density at radius 3 is 1.47 bits per heavy atom. The van der Waals surface area contributed by atoms with Crippen molar-refractivity contribution in [2.24, 2.45) is 0 Å². The molecule has 2 N–H and O–H groups in total. The Morgan fingerprint density at radius 2 is 1.09 bits per heavy atom. The number of nitriles is 2. The van der Waals surface area contributed by atoms with Crippen molar-refractivity contribution in [3.63, 3.8) is 0 Å². The number of nitrogens with one attached hydrogen (secondary N) is 2. The molecule has 3 aromatic rings. The quantitative estimate of drug-likeness (QED) is 0.391. The van der Waals surface area contributed by atoms with Gasteiger partial charge >= 0.3 is 0 Å². The van der Waals surface area contributed by atoms with Gasteiger partial charge in [0.2, 0.25) is 0 Å². The first-order valence-corrected chi connectivity index (χ1v) is 10.5. The smallest absolute Gasteiger partial charge is 0.266 e. The van der Waals surface area contributed by atoms with Crippen LogP contribution in [-0.2, 0) is 9.59 Å². The van der Waals surface area contributed by atoms with Crippen molar-refractivity contribution in [1.29, 1.82) is 10.5 Å². The number of carbonyl (C=O) groups is 2. The fourth-order valence-corrected chi connectivity index (χ4v) is 3.21. The van der Waals surface area contributed by atoms with Crippen LogP contribution in [0.1, 0.15) is 22.3 Å². The number of carbonyl (C=O) groups excluding carboxylic acids is 2. The summed E-state index contributed by atoms with van der Waals surface area (Å²) in [5.41, 5.74) is 4.20. The van der Waals surface area contributed by atoms with Crippen LogP contribution in [0.15, 0.2) is 83.9 Å². The fourth-order valence-electron chi connectivity index (χ4n) is 3.21. The minimum atomic E-state index is -0.524. The van der Waals surface area contributed by atoms with Crippen LogP contribution in [-0.4, -0.2) is 11.8 Å². The average Bonchev–Trinajstić information content (AvgIpc) is 2.81. The molecule has 0 fully saturated rings. The summed E-state index contributed by atoms with van der Waals surface area (Å²) >= 11 is 0. The Hall–Kier alpha value is -4.94. The molecule has 0 aliphatic carbocycles. The van der Waals surface area contributed by atoms with E-state index >= 15 is 0 Å². The number of hydrogen-bond acceptors (Lipinski definition) is 4. The number of benzene rings is 3. The molecule has 3 aromatic carbocycles. The van der Waals surface area contributed by atoms with Gasteiger partial charge in [-0.25, -0.2) is 0 Å². The Morgan fingerprint density at radius 1 is 0.676 bits per heavy atom. The molecule has 6 heteroatoms. The third-order valence-electron chi connectivity index (χ3n) is 4.81. The molecule has 6 nitrogen and oxygen atoms in total.